The predicted octanol–water partition coefficient (Wildman–Crippen LogP) is 4.18. The quantitative estimate of drug-likeness (QED) is 0.479. The number of carbonyl (C=O) groups excluding carboxylic acids is 3. The standard InChI is InChI=1S/C24H27ClN2O5/c1-2-31-24(30)32-21-10-8-19(9-11-21)23(29)27-14-4-13-26(15-16-27)22(28)12-7-18-5-3-6-20(25)17-18/h3,5-6,8-11,17H,2,4,7,12-16H2,1H3. The lowest BCUT2D eigenvalue weighted by Crippen LogP contribution is -2.37. The largest absolute Gasteiger partial charge is 0.513 e. The zero-order valence-electron chi connectivity index (χ0n) is 18.1. The summed E-state index contributed by atoms with van der Waals surface area (Å²) in [4.78, 5) is 40.5. The summed E-state index contributed by atoms with van der Waals surface area (Å²) in [6, 6.07) is 13.9. The molecular formula is C24H27ClN2O5. The van der Waals surface area contributed by atoms with Crippen LogP contribution in [0.5, 0.6) is 5.75 Å². The van der Waals surface area contributed by atoms with Gasteiger partial charge in [-0.25, -0.2) is 4.79 Å². The second kappa shape index (κ2) is 11.5. The Morgan fingerprint density at radius 3 is 2.41 bits per heavy atom. The maximum absolute atomic E-state index is 12.9. The van der Waals surface area contributed by atoms with Gasteiger partial charge >= 0.3 is 6.16 Å². The number of hydrogen-bond acceptors (Lipinski definition) is 5. The Kier molecular flexibility index (Phi) is 8.50. The highest BCUT2D eigenvalue weighted by Crippen LogP contribution is 2.17. The SMILES string of the molecule is CCOC(=O)Oc1ccc(C(=O)N2CCCN(C(=O)CCc3cccc(Cl)c3)CC2)cc1. The highest BCUT2D eigenvalue weighted by Gasteiger charge is 2.23. The van der Waals surface area contributed by atoms with Gasteiger partial charge in [0, 0.05) is 43.2 Å². The van der Waals surface area contributed by atoms with Gasteiger partial charge in [-0.3, -0.25) is 9.59 Å². The maximum atomic E-state index is 12.9. The van der Waals surface area contributed by atoms with Crippen LogP contribution in [0.4, 0.5) is 4.79 Å². The zero-order valence-corrected chi connectivity index (χ0v) is 18.8. The molecule has 0 radical (unpaired) electrons. The van der Waals surface area contributed by atoms with Gasteiger partial charge in [-0.05, 0) is 61.7 Å². The molecule has 0 bridgehead atoms. The van der Waals surface area contributed by atoms with E-state index in [1.165, 1.54) is 0 Å². The lowest BCUT2D eigenvalue weighted by molar-refractivity contribution is -0.131. The van der Waals surface area contributed by atoms with Crippen LogP contribution in [0.2, 0.25) is 5.02 Å². The van der Waals surface area contributed by atoms with Gasteiger partial charge in [0.05, 0.1) is 6.61 Å². The molecule has 1 saturated heterocycles. The first-order chi connectivity index (χ1) is 15.5. The monoisotopic (exact) mass is 458 g/mol. The molecule has 2 aromatic rings. The number of hydrogen-bond donors (Lipinski definition) is 0. The van der Waals surface area contributed by atoms with Gasteiger partial charge in [0.1, 0.15) is 5.75 Å². The van der Waals surface area contributed by atoms with Crippen LogP contribution in [0.25, 0.3) is 0 Å². The third kappa shape index (κ3) is 6.72. The molecule has 1 heterocycles. The van der Waals surface area contributed by atoms with Gasteiger partial charge in [-0.15, -0.1) is 0 Å². The number of halogens is 1. The van der Waals surface area contributed by atoms with Crippen molar-refractivity contribution < 1.29 is 23.9 Å². The molecule has 0 aromatic heterocycles. The smallest absolute Gasteiger partial charge is 0.434 e. The lowest BCUT2D eigenvalue weighted by atomic mass is 10.1. The third-order valence-electron chi connectivity index (χ3n) is 5.22. The first kappa shape index (κ1) is 23.6. The molecule has 1 aliphatic rings. The van der Waals surface area contributed by atoms with Gasteiger partial charge in [-0.2, -0.15) is 0 Å². The second-order valence-electron chi connectivity index (χ2n) is 7.47. The summed E-state index contributed by atoms with van der Waals surface area (Å²) in [6.07, 6.45) is 0.993. The summed E-state index contributed by atoms with van der Waals surface area (Å²) in [5.74, 6) is 0.285. The Balaban J connectivity index is 1.51. The van der Waals surface area contributed by atoms with E-state index < -0.39 is 6.16 Å². The molecule has 8 heteroatoms. The molecule has 0 spiro atoms. The van der Waals surface area contributed by atoms with Gasteiger partial charge in [0.25, 0.3) is 5.91 Å². The number of carbonyl (C=O) groups is 3. The van der Waals surface area contributed by atoms with Crippen LogP contribution in [-0.4, -0.2) is 60.6 Å². The van der Waals surface area contributed by atoms with Crippen molar-refractivity contribution in [2.45, 2.75) is 26.2 Å². The number of aryl methyl sites for hydroxylation is 1. The summed E-state index contributed by atoms with van der Waals surface area (Å²) >= 11 is 6.01. The molecule has 170 valence electrons. The molecule has 0 N–H and O–H groups in total. The van der Waals surface area contributed by atoms with E-state index in [1.807, 2.05) is 29.2 Å². The summed E-state index contributed by atoms with van der Waals surface area (Å²) < 4.78 is 9.75. The number of rotatable bonds is 6. The molecule has 0 saturated carbocycles. The first-order valence-electron chi connectivity index (χ1n) is 10.7. The summed E-state index contributed by atoms with van der Waals surface area (Å²) in [5.41, 5.74) is 1.54. The fraction of sp³-hybridized carbons (Fsp3) is 0.375. The molecule has 0 unspecified atom stereocenters. The Labute approximate surface area is 192 Å². The summed E-state index contributed by atoms with van der Waals surface area (Å²) in [6.45, 7) is 4.11. The molecule has 2 aromatic carbocycles. The summed E-state index contributed by atoms with van der Waals surface area (Å²) in [5, 5.41) is 0.666. The lowest BCUT2D eigenvalue weighted by Gasteiger charge is -2.22. The fourth-order valence-electron chi connectivity index (χ4n) is 3.56. The minimum Gasteiger partial charge on any atom is -0.434 e. The molecule has 7 nitrogen and oxygen atoms in total. The van der Waals surface area contributed by atoms with Gasteiger partial charge in [-0.1, -0.05) is 23.7 Å². The number of ether oxygens (including phenoxy) is 2. The Morgan fingerprint density at radius 1 is 0.969 bits per heavy atom. The Hall–Kier alpha value is -3.06. The highest BCUT2D eigenvalue weighted by atomic mass is 35.5. The van der Waals surface area contributed by atoms with E-state index >= 15 is 0 Å². The average molecular weight is 459 g/mol. The average Bonchev–Trinajstić information content (AvgIpc) is 3.04. The Morgan fingerprint density at radius 2 is 1.69 bits per heavy atom. The normalized spacial score (nSPS) is 13.9. The minimum absolute atomic E-state index is 0.0831. The van der Waals surface area contributed by atoms with Crippen molar-refractivity contribution in [1.82, 2.24) is 9.80 Å². The highest BCUT2D eigenvalue weighted by molar-refractivity contribution is 6.30. The van der Waals surface area contributed by atoms with Crippen molar-refractivity contribution in [1.29, 1.82) is 0 Å². The van der Waals surface area contributed by atoms with Crippen molar-refractivity contribution in [2.24, 2.45) is 0 Å². The predicted molar refractivity (Wildman–Crippen MR) is 121 cm³/mol. The molecule has 1 aliphatic heterocycles. The first-order valence-corrected chi connectivity index (χ1v) is 11.1. The van der Waals surface area contributed by atoms with Crippen molar-refractivity contribution in [2.75, 3.05) is 32.8 Å². The van der Waals surface area contributed by atoms with Crippen LogP contribution >= 0.6 is 11.6 Å². The van der Waals surface area contributed by atoms with Crippen molar-refractivity contribution >= 4 is 29.6 Å². The molecule has 3 rings (SSSR count). The topological polar surface area (TPSA) is 76.2 Å². The van der Waals surface area contributed by atoms with E-state index in [0.717, 1.165) is 12.0 Å². The van der Waals surface area contributed by atoms with Crippen LogP contribution in [0.1, 0.15) is 35.7 Å². The number of amides is 2. The van der Waals surface area contributed by atoms with Crippen molar-refractivity contribution in [3.63, 3.8) is 0 Å². The maximum Gasteiger partial charge on any atom is 0.513 e. The minimum atomic E-state index is -0.779. The van der Waals surface area contributed by atoms with Crippen LogP contribution < -0.4 is 4.74 Å². The molecule has 0 aliphatic carbocycles. The van der Waals surface area contributed by atoms with Crippen LogP contribution in [0, 0.1) is 0 Å². The van der Waals surface area contributed by atoms with E-state index in [2.05, 4.69) is 0 Å². The van der Waals surface area contributed by atoms with E-state index in [1.54, 1.807) is 36.1 Å². The van der Waals surface area contributed by atoms with Crippen molar-refractivity contribution in [3.8, 4) is 5.75 Å². The van der Waals surface area contributed by atoms with E-state index in [-0.39, 0.29) is 18.4 Å². The van der Waals surface area contributed by atoms with Gasteiger partial charge < -0.3 is 19.3 Å². The molecule has 0 atom stereocenters. The zero-order chi connectivity index (χ0) is 22.9. The fourth-order valence-corrected chi connectivity index (χ4v) is 3.78. The molecular weight excluding hydrogens is 432 g/mol. The third-order valence-corrected chi connectivity index (χ3v) is 5.45. The van der Waals surface area contributed by atoms with Crippen molar-refractivity contribution in [3.05, 3.63) is 64.7 Å². The number of benzene rings is 2. The second-order valence-corrected chi connectivity index (χ2v) is 7.90. The van der Waals surface area contributed by atoms with Crippen LogP contribution in [0.15, 0.2) is 48.5 Å². The molecule has 2 amide bonds. The van der Waals surface area contributed by atoms with Crippen LogP contribution in [-0.2, 0) is 16.0 Å². The van der Waals surface area contributed by atoms with E-state index in [9.17, 15) is 14.4 Å². The van der Waals surface area contributed by atoms with Gasteiger partial charge in [0.2, 0.25) is 5.91 Å². The molecule has 1 fully saturated rings. The van der Waals surface area contributed by atoms with E-state index in [4.69, 9.17) is 21.1 Å². The van der Waals surface area contributed by atoms with Crippen LogP contribution in [0.3, 0.4) is 0 Å². The summed E-state index contributed by atoms with van der Waals surface area (Å²) in [7, 11) is 0. The Bertz CT molecular complexity index is 948. The van der Waals surface area contributed by atoms with E-state index in [0.29, 0.717) is 55.4 Å². The van der Waals surface area contributed by atoms with Gasteiger partial charge in [0.15, 0.2) is 0 Å². The number of nitrogens with zero attached hydrogens (tertiary/aromatic N) is 2. The molecule has 32 heavy (non-hydrogen) atoms.